The molecule has 9 rings (SSSR count). The Bertz CT molecular complexity index is 2960. The van der Waals surface area contributed by atoms with E-state index in [0.717, 1.165) is 28.9 Å². The fourth-order valence-corrected chi connectivity index (χ4v) is 9.39. The maximum absolute atomic E-state index is 13.5. The van der Waals surface area contributed by atoms with Crippen molar-refractivity contribution in [2.24, 2.45) is 0 Å². The molecular formula is C62H56O4. The molecule has 0 amide bonds. The van der Waals surface area contributed by atoms with Gasteiger partial charge in [-0.15, -0.1) is 0 Å². The molecule has 8 aromatic carbocycles. The van der Waals surface area contributed by atoms with Crippen molar-refractivity contribution in [1.82, 2.24) is 0 Å². The van der Waals surface area contributed by atoms with E-state index in [2.05, 4.69) is 146 Å². The first-order valence-corrected chi connectivity index (χ1v) is 23.1. The van der Waals surface area contributed by atoms with Crippen LogP contribution in [0, 0.1) is 0 Å². The molecule has 1 aliphatic rings. The van der Waals surface area contributed by atoms with Crippen molar-refractivity contribution in [3.8, 4) is 28.4 Å². The fourth-order valence-electron chi connectivity index (χ4n) is 9.39. The lowest BCUT2D eigenvalue weighted by atomic mass is 9.68. The molecule has 0 aromatic heterocycles. The summed E-state index contributed by atoms with van der Waals surface area (Å²) in [4.78, 5) is 26.7. The van der Waals surface area contributed by atoms with Gasteiger partial charge >= 0.3 is 0 Å². The van der Waals surface area contributed by atoms with Crippen molar-refractivity contribution in [2.45, 2.75) is 77.2 Å². The Balaban J connectivity index is 0.960. The molecule has 0 saturated carbocycles. The number of carbonyl (C=O) groups is 2. The molecule has 0 atom stereocenters. The molecule has 8 aromatic rings. The second-order valence-electron chi connectivity index (χ2n) is 19.0. The van der Waals surface area contributed by atoms with Gasteiger partial charge in [0.15, 0.2) is 11.6 Å². The molecule has 0 heterocycles. The Morgan fingerprint density at radius 2 is 0.848 bits per heavy atom. The highest BCUT2D eigenvalue weighted by molar-refractivity contribution is 6.09. The number of rotatable bonds is 14. The van der Waals surface area contributed by atoms with E-state index in [1.54, 1.807) is 0 Å². The van der Waals surface area contributed by atoms with Gasteiger partial charge in [-0.25, -0.2) is 0 Å². The molecule has 0 N–H and O–H groups in total. The summed E-state index contributed by atoms with van der Waals surface area (Å²) in [5.74, 6) is 2.50. The number of fused-ring (bicyclic) bond motifs is 3. The molecule has 4 nitrogen and oxygen atoms in total. The summed E-state index contributed by atoms with van der Waals surface area (Å²) < 4.78 is 13.1. The zero-order valence-electron chi connectivity index (χ0n) is 38.9. The highest BCUT2D eigenvalue weighted by atomic mass is 16.5. The monoisotopic (exact) mass is 864 g/mol. The van der Waals surface area contributed by atoms with E-state index < -0.39 is 11.0 Å². The largest absolute Gasteiger partial charge is 0.483 e. The number of ether oxygens (including phenoxy) is 2. The molecular weight excluding hydrogens is 809 g/mol. The zero-order valence-corrected chi connectivity index (χ0v) is 38.9. The van der Waals surface area contributed by atoms with E-state index in [-0.39, 0.29) is 17.0 Å². The van der Waals surface area contributed by atoms with Crippen molar-refractivity contribution in [3.63, 3.8) is 0 Å². The minimum atomic E-state index is -0.675. The standard InChI is InChI=1S/C62H56O4/c1-8-60(4,5)47-27-21-44(22-28-47)59(64)45-23-29-48(30-24-45)61(6,7)66-53-39-33-50(34-40-53)62(56-15-11-9-13-54(56)55-14-10-12-16-57(55)62)49-31-37-52(38-32-49)65-51-35-25-46(26-36-51)58(63)43-19-17-42(18-20-43)41(2)3/h9-41H,8H2,1-7H3. The van der Waals surface area contributed by atoms with E-state index in [9.17, 15) is 9.59 Å². The first-order chi connectivity index (χ1) is 31.8. The van der Waals surface area contributed by atoms with E-state index in [0.29, 0.717) is 39.7 Å². The van der Waals surface area contributed by atoms with Gasteiger partial charge in [-0.05, 0) is 130 Å². The van der Waals surface area contributed by atoms with Crippen LogP contribution in [0.15, 0.2) is 194 Å². The number of benzene rings is 8. The SMILES string of the molecule is CCC(C)(C)c1ccc(C(=O)c2ccc(C(C)(C)Oc3ccc(C4(c5ccc(Oc6ccc(C(=O)c7ccc(C(C)C)cc7)cc6)cc5)c5ccccc5-c5ccccc54)cc3)cc2)cc1. The van der Waals surface area contributed by atoms with Crippen molar-refractivity contribution in [3.05, 3.63) is 255 Å². The molecule has 0 bridgehead atoms. The van der Waals surface area contributed by atoms with Crippen LogP contribution in [-0.4, -0.2) is 11.6 Å². The van der Waals surface area contributed by atoms with Crippen LogP contribution in [0.5, 0.6) is 17.2 Å². The van der Waals surface area contributed by atoms with Crippen LogP contribution in [0.2, 0.25) is 0 Å². The third-order valence-corrected chi connectivity index (χ3v) is 13.7. The third kappa shape index (κ3) is 8.17. The maximum atomic E-state index is 13.5. The van der Waals surface area contributed by atoms with Gasteiger partial charge in [0, 0.05) is 22.3 Å². The molecule has 0 spiro atoms. The Morgan fingerprint density at radius 3 is 1.29 bits per heavy atom. The minimum absolute atomic E-state index is 0.00571. The van der Waals surface area contributed by atoms with Crippen LogP contribution in [0.1, 0.15) is 132 Å². The zero-order chi connectivity index (χ0) is 46.2. The van der Waals surface area contributed by atoms with E-state index in [1.165, 1.54) is 33.4 Å². The van der Waals surface area contributed by atoms with E-state index in [4.69, 9.17) is 9.47 Å². The van der Waals surface area contributed by atoms with Crippen molar-refractivity contribution < 1.29 is 19.1 Å². The van der Waals surface area contributed by atoms with Crippen LogP contribution in [0.25, 0.3) is 11.1 Å². The average Bonchev–Trinajstić information content (AvgIpc) is 3.65. The van der Waals surface area contributed by atoms with Gasteiger partial charge in [-0.2, -0.15) is 0 Å². The van der Waals surface area contributed by atoms with Gasteiger partial charge in [0.25, 0.3) is 0 Å². The Hall–Kier alpha value is -7.30. The van der Waals surface area contributed by atoms with Crippen molar-refractivity contribution >= 4 is 11.6 Å². The predicted molar refractivity (Wildman–Crippen MR) is 268 cm³/mol. The lowest BCUT2D eigenvalue weighted by Crippen LogP contribution is -2.29. The molecule has 0 aliphatic heterocycles. The first-order valence-electron chi connectivity index (χ1n) is 23.1. The van der Waals surface area contributed by atoms with Gasteiger partial charge < -0.3 is 9.47 Å². The van der Waals surface area contributed by atoms with Gasteiger partial charge in [0.1, 0.15) is 22.8 Å². The summed E-state index contributed by atoms with van der Waals surface area (Å²) in [7, 11) is 0. The molecule has 0 fully saturated rings. The van der Waals surface area contributed by atoms with Gasteiger partial charge in [-0.1, -0.05) is 180 Å². The Kier molecular flexibility index (Phi) is 11.7. The number of carbonyl (C=O) groups excluding carboxylic acids is 2. The lowest BCUT2D eigenvalue weighted by molar-refractivity contribution is 0.102. The number of hydrogen-bond acceptors (Lipinski definition) is 4. The fraction of sp³-hybridized carbons (Fsp3) is 0.194. The smallest absolute Gasteiger partial charge is 0.193 e. The van der Waals surface area contributed by atoms with Crippen LogP contribution in [0.4, 0.5) is 0 Å². The predicted octanol–water partition coefficient (Wildman–Crippen LogP) is 15.4. The van der Waals surface area contributed by atoms with Gasteiger partial charge in [0.2, 0.25) is 0 Å². The van der Waals surface area contributed by atoms with Gasteiger partial charge in [-0.3, -0.25) is 9.59 Å². The molecule has 0 unspecified atom stereocenters. The maximum Gasteiger partial charge on any atom is 0.193 e. The summed E-state index contributed by atoms with van der Waals surface area (Å²) in [6.07, 6.45) is 1.03. The Labute approximate surface area is 389 Å². The summed E-state index contributed by atoms with van der Waals surface area (Å²) in [6.45, 7) is 15.0. The molecule has 328 valence electrons. The van der Waals surface area contributed by atoms with Crippen LogP contribution in [-0.2, 0) is 16.4 Å². The number of ketones is 2. The van der Waals surface area contributed by atoms with E-state index >= 15 is 0 Å². The van der Waals surface area contributed by atoms with Gasteiger partial charge in [0.05, 0.1) is 5.41 Å². The van der Waals surface area contributed by atoms with Crippen LogP contribution < -0.4 is 9.47 Å². The summed E-state index contributed by atoms with van der Waals surface area (Å²) in [6, 6.07) is 65.3. The molecule has 1 aliphatic carbocycles. The highest BCUT2D eigenvalue weighted by Crippen LogP contribution is 2.56. The number of hydrogen-bond donors (Lipinski definition) is 0. The normalized spacial score (nSPS) is 12.9. The van der Waals surface area contributed by atoms with Crippen LogP contribution >= 0.6 is 0 Å². The van der Waals surface area contributed by atoms with Crippen LogP contribution in [0.3, 0.4) is 0 Å². The summed E-state index contributed by atoms with van der Waals surface area (Å²) >= 11 is 0. The summed E-state index contributed by atoms with van der Waals surface area (Å²) in [5.41, 5.74) is 11.9. The second kappa shape index (κ2) is 17.6. The first kappa shape index (κ1) is 43.9. The van der Waals surface area contributed by atoms with Crippen molar-refractivity contribution in [2.75, 3.05) is 0 Å². The Morgan fingerprint density at radius 1 is 0.470 bits per heavy atom. The molecule has 0 saturated heterocycles. The third-order valence-electron chi connectivity index (χ3n) is 13.7. The minimum Gasteiger partial charge on any atom is -0.483 e. The van der Waals surface area contributed by atoms with E-state index in [1.807, 2.05) is 97.1 Å². The topological polar surface area (TPSA) is 52.6 Å². The lowest BCUT2D eigenvalue weighted by Gasteiger charge is -2.34. The average molecular weight is 865 g/mol. The molecule has 66 heavy (non-hydrogen) atoms. The summed E-state index contributed by atoms with van der Waals surface area (Å²) in [5, 5.41) is 0. The molecule has 0 radical (unpaired) electrons. The quantitative estimate of drug-likeness (QED) is 0.102. The molecule has 4 heteroatoms. The van der Waals surface area contributed by atoms with Crippen molar-refractivity contribution in [1.29, 1.82) is 0 Å². The highest BCUT2D eigenvalue weighted by Gasteiger charge is 2.46. The second-order valence-corrected chi connectivity index (χ2v) is 19.0.